The molecule has 1 N–H and O–H groups in total. The summed E-state index contributed by atoms with van der Waals surface area (Å²) in [5, 5.41) is 2.83. The molecular weight excluding hydrogens is 431 g/mol. The number of ether oxygens (including phenoxy) is 1. The third kappa shape index (κ3) is 5.32. The molecule has 3 rings (SSSR count). The number of sulfone groups is 1. The second-order valence-corrected chi connectivity index (χ2v) is 8.88. The molecule has 164 valence electrons. The van der Waals surface area contributed by atoms with Gasteiger partial charge in [-0.3, -0.25) is 0 Å². The van der Waals surface area contributed by atoms with Crippen LogP contribution in [0.5, 0.6) is 5.75 Å². The van der Waals surface area contributed by atoms with Crippen molar-refractivity contribution in [3.8, 4) is 17.0 Å². The van der Waals surface area contributed by atoms with E-state index in [1.807, 2.05) is 0 Å². The Morgan fingerprint density at radius 1 is 1.00 bits per heavy atom. The summed E-state index contributed by atoms with van der Waals surface area (Å²) in [5.41, 5.74) is 0.0269. The van der Waals surface area contributed by atoms with Crippen molar-refractivity contribution in [1.82, 2.24) is 9.97 Å². The molecule has 1 aromatic heterocycles. The van der Waals surface area contributed by atoms with E-state index in [-0.39, 0.29) is 28.6 Å². The van der Waals surface area contributed by atoms with Crippen LogP contribution in [0.1, 0.15) is 16.8 Å². The molecule has 0 radical (unpaired) electrons. The first kappa shape index (κ1) is 22.5. The van der Waals surface area contributed by atoms with Crippen molar-refractivity contribution < 1.29 is 26.3 Å². The number of nitrogens with one attached hydrogen (secondary N) is 1. The van der Waals surface area contributed by atoms with Gasteiger partial charge in [-0.05, 0) is 36.8 Å². The van der Waals surface area contributed by atoms with Gasteiger partial charge in [0.2, 0.25) is 5.95 Å². The summed E-state index contributed by atoms with van der Waals surface area (Å²) in [4.78, 5) is 8.00. The average molecular weight is 451 g/mol. The number of anilines is 1. The standard InChI is InChI=1S/C21H20F3N3O3S/c1-13-18(15-6-10-17(11-7-15)31(3,28)29)26-20(27-19(13)21(22,23)24)25-12-14-4-8-16(30-2)9-5-14/h4-11H,12H2,1-3H3,(H,25,26,27). The zero-order chi connectivity index (χ0) is 22.8. The van der Waals surface area contributed by atoms with Crippen LogP contribution in [0.2, 0.25) is 0 Å². The Morgan fingerprint density at radius 2 is 1.61 bits per heavy atom. The summed E-state index contributed by atoms with van der Waals surface area (Å²) in [5.74, 6) is 0.477. The van der Waals surface area contributed by atoms with Crippen molar-refractivity contribution >= 4 is 15.8 Å². The normalized spacial score (nSPS) is 11.9. The van der Waals surface area contributed by atoms with Gasteiger partial charge in [-0.2, -0.15) is 13.2 Å². The largest absolute Gasteiger partial charge is 0.497 e. The van der Waals surface area contributed by atoms with Crippen LogP contribution in [0.25, 0.3) is 11.3 Å². The molecule has 1 heterocycles. The van der Waals surface area contributed by atoms with Crippen LogP contribution in [-0.2, 0) is 22.6 Å². The highest BCUT2D eigenvalue weighted by Gasteiger charge is 2.36. The number of aromatic nitrogens is 2. The number of rotatable bonds is 6. The van der Waals surface area contributed by atoms with E-state index in [4.69, 9.17) is 4.74 Å². The number of benzene rings is 2. The van der Waals surface area contributed by atoms with Crippen LogP contribution < -0.4 is 10.1 Å². The van der Waals surface area contributed by atoms with Gasteiger partial charge < -0.3 is 10.1 Å². The Labute approximate surface area is 178 Å². The van der Waals surface area contributed by atoms with Gasteiger partial charge in [-0.25, -0.2) is 18.4 Å². The van der Waals surface area contributed by atoms with E-state index >= 15 is 0 Å². The lowest BCUT2D eigenvalue weighted by Crippen LogP contribution is -2.15. The van der Waals surface area contributed by atoms with Crippen LogP contribution in [-0.4, -0.2) is 31.8 Å². The molecule has 6 nitrogen and oxygen atoms in total. The predicted molar refractivity (Wildman–Crippen MR) is 111 cm³/mol. The van der Waals surface area contributed by atoms with Crippen molar-refractivity contribution in [2.45, 2.75) is 24.5 Å². The molecule has 31 heavy (non-hydrogen) atoms. The van der Waals surface area contributed by atoms with E-state index < -0.39 is 21.7 Å². The van der Waals surface area contributed by atoms with E-state index in [2.05, 4.69) is 15.3 Å². The van der Waals surface area contributed by atoms with Crippen molar-refractivity contribution in [3.63, 3.8) is 0 Å². The van der Waals surface area contributed by atoms with Gasteiger partial charge in [0.1, 0.15) is 5.75 Å². The lowest BCUT2D eigenvalue weighted by atomic mass is 10.1. The van der Waals surface area contributed by atoms with E-state index in [0.717, 1.165) is 11.8 Å². The predicted octanol–water partition coefficient (Wildman–Crippen LogP) is 4.50. The van der Waals surface area contributed by atoms with Crippen molar-refractivity contribution in [1.29, 1.82) is 0 Å². The molecule has 0 aliphatic rings. The van der Waals surface area contributed by atoms with Crippen molar-refractivity contribution in [2.24, 2.45) is 0 Å². The highest BCUT2D eigenvalue weighted by Crippen LogP contribution is 2.35. The summed E-state index contributed by atoms with van der Waals surface area (Å²) in [6.07, 6.45) is -3.62. The number of hydrogen-bond acceptors (Lipinski definition) is 6. The molecule has 0 aliphatic carbocycles. The average Bonchev–Trinajstić information content (AvgIpc) is 2.72. The van der Waals surface area contributed by atoms with Crippen molar-refractivity contribution in [2.75, 3.05) is 18.7 Å². The number of nitrogens with zero attached hydrogens (tertiary/aromatic N) is 2. The second-order valence-electron chi connectivity index (χ2n) is 6.87. The molecule has 0 aliphatic heterocycles. The van der Waals surface area contributed by atoms with E-state index in [1.165, 1.54) is 38.3 Å². The van der Waals surface area contributed by atoms with Crippen LogP contribution in [0, 0.1) is 6.92 Å². The number of alkyl halides is 3. The molecule has 0 amide bonds. The number of hydrogen-bond donors (Lipinski definition) is 1. The Balaban J connectivity index is 1.98. The first-order chi connectivity index (χ1) is 14.5. The third-order valence-corrected chi connectivity index (χ3v) is 5.71. The van der Waals surface area contributed by atoms with Crippen LogP contribution in [0.3, 0.4) is 0 Å². The highest BCUT2D eigenvalue weighted by atomic mass is 32.2. The Morgan fingerprint density at radius 3 is 2.13 bits per heavy atom. The fourth-order valence-electron chi connectivity index (χ4n) is 2.94. The minimum Gasteiger partial charge on any atom is -0.497 e. The number of methoxy groups -OCH3 is 1. The lowest BCUT2D eigenvalue weighted by molar-refractivity contribution is -0.141. The summed E-state index contributed by atoms with van der Waals surface area (Å²) < 4.78 is 69.1. The third-order valence-electron chi connectivity index (χ3n) is 4.58. The molecule has 0 bridgehead atoms. The quantitative estimate of drug-likeness (QED) is 0.595. The fraction of sp³-hybridized carbons (Fsp3) is 0.238. The highest BCUT2D eigenvalue weighted by molar-refractivity contribution is 7.90. The molecule has 10 heteroatoms. The maximum absolute atomic E-state index is 13.6. The molecule has 0 saturated heterocycles. The SMILES string of the molecule is COc1ccc(CNc2nc(-c3ccc(S(C)(=O)=O)cc3)c(C)c(C(F)(F)F)n2)cc1. The second kappa shape index (κ2) is 8.54. The maximum Gasteiger partial charge on any atom is 0.433 e. The van der Waals surface area contributed by atoms with Gasteiger partial charge >= 0.3 is 6.18 Å². The summed E-state index contributed by atoms with van der Waals surface area (Å²) in [6.45, 7) is 1.49. The lowest BCUT2D eigenvalue weighted by Gasteiger charge is -2.16. The summed E-state index contributed by atoms with van der Waals surface area (Å²) in [6, 6.07) is 12.6. The Kier molecular flexibility index (Phi) is 6.21. The Bertz CT molecular complexity index is 1180. The molecule has 0 unspecified atom stereocenters. The summed E-state index contributed by atoms with van der Waals surface area (Å²) >= 11 is 0. The molecule has 0 atom stereocenters. The van der Waals surface area contributed by atoms with E-state index in [1.54, 1.807) is 24.3 Å². The smallest absolute Gasteiger partial charge is 0.433 e. The summed E-state index contributed by atoms with van der Waals surface area (Å²) in [7, 11) is -1.89. The topological polar surface area (TPSA) is 81.2 Å². The Hall–Kier alpha value is -3.14. The van der Waals surface area contributed by atoms with Gasteiger partial charge in [-0.15, -0.1) is 0 Å². The zero-order valence-corrected chi connectivity index (χ0v) is 17.8. The van der Waals surface area contributed by atoms with Crippen LogP contribution in [0.15, 0.2) is 53.4 Å². The molecular formula is C21H20F3N3O3S. The van der Waals surface area contributed by atoms with Gasteiger partial charge in [0.25, 0.3) is 0 Å². The monoisotopic (exact) mass is 451 g/mol. The molecule has 2 aromatic carbocycles. The van der Waals surface area contributed by atoms with Gasteiger partial charge in [0.15, 0.2) is 15.5 Å². The molecule has 0 fully saturated rings. The zero-order valence-electron chi connectivity index (χ0n) is 17.0. The maximum atomic E-state index is 13.6. The molecule has 0 saturated carbocycles. The first-order valence-electron chi connectivity index (χ1n) is 9.12. The van der Waals surface area contributed by atoms with Gasteiger partial charge in [0, 0.05) is 23.9 Å². The molecule has 3 aromatic rings. The minimum atomic E-state index is -4.68. The van der Waals surface area contributed by atoms with Crippen LogP contribution >= 0.6 is 0 Å². The first-order valence-corrected chi connectivity index (χ1v) is 11.0. The van der Waals surface area contributed by atoms with Crippen LogP contribution in [0.4, 0.5) is 19.1 Å². The van der Waals surface area contributed by atoms with Crippen molar-refractivity contribution in [3.05, 3.63) is 65.4 Å². The van der Waals surface area contributed by atoms with E-state index in [9.17, 15) is 21.6 Å². The van der Waals surface area contributed by atoms with Gasteiger partial charge in [-0.1, -0.05) is 24.3 Å². The minimum absolute atomic E-state index is 0.0665. The number of halogens is 3. The fourth-order valence-corrected chi connectivity index (χ4v) is 3.57. The molecule has 0 spiro atoms. The van der Waals surface area contributed by atoms with E-state index in [0.29, 0.717) is 11.3 Å². The van der Waals surface area contributed by atoms with Gasteiger partial charge in [0.05, 0.1) is 17.7 Å².